The largest absolute Gasteiger partial charge is 0.356 e. The van der Waals surface area contributed by atoms with Crippen LogP contribution in [-0.2, 0) is 22.6 Å². The minimum atomic E-state index is -0.255. The van der Waals surface area contributed by atoms with Crippen LogP contribution in [0.5, 0.6) is 0 Å². The lowest BCUT2D eigenvalue weighted by molar-refractivity contribution is -0.126. The smallest absolute Gasteiger partial charge is 0.227 e. The average Bonchev–Trinajstić information content (AvgIpc) is 3.13. The summed E-state index contributed by atoms with van der Waals surface area (Å²) in [4.78, 5) is 28.9. The van der Waals surface area contributed by atoms with Gasteiger partial charge in [-0.25, -0.2) is 0 Å². The first-order valence-electron chi connectivity index (χ1n) is 10.1. The molecule has 2 aromatic carbocycles. The zero-order chi connectivity index (χ0) is 19.3. The highest BCUT2D eigenvalue weighted by Gasteiger charge is 2.34. The highest BCUT2D eigenvalue weighted by Crippen LogP contribution is 2.25. The van der Waals surface area contributed by atoms with Gasteiger partial charge in [0.1, 0.15) is 0 Å². The van der Waals surface area contributed by atoms with Crippen LogP contribution in [0, 0.1) is 5.92 Å². The lowest BCUT2D eigenvalue weighted by Crippen LogP contribution is -2.36. The number of nitrogens with one attached hydrogen (secondary N) is 1. The molecule has 2 aliphatic heterocycles. The Balaban J connectivity index is 1.20. The predicted octanol–water partition coefficient (Wildman–Crippen LogP) is 2.60. The molecule has 2 aromatic rings. The van der Waals surface area contributed by atoms with E-state index in [0.29, 0.717) is 19.5 Å². The first-order chi connectivity index (χ1) is 13.7. The fourth-order valence-electron chi connectivity index (χ4n) is 4.14. The van der Waals surface area contributed by atoms with E-state index in [9.17, 15) is 9.59 Å². The Morgan fingerprint density at radius 1 is 1.04 bits per heavy atom. The molecule has 0 bridgehead atoms. The molecule has 5 nitrogen and oxygen atoms in total. The maximum absolute atomic E-state index is 12.5. The van der Waals surface area contributed by atoms with Crippen molar-refractivity contribution >= 4 is 17.5 Å². The zero-order valence-electron chi connectivity index (χ0n) is 16.1. The van der Waals surface area contributed by atoms with E-state index in [0.717, 1.165) is 38.2 Å². The number of anilines is 1. The van der Waals surface area contributed by atoms with Crippen LogP contribution in [0.25, 0.3) is 0 Å². The maximum atomic E-state index is 12.5. The van der Waals surface area contributed by atoms with Gasteiger partial charge in [-0.1, -0.05) is 42.5 Å². The van der Waals surface area contributed by atoms with Gasteiger partial charge in [0.25, 0.3) is 0 Å². The first kappa shape index (κ1) is 18.7. The van der Waals surface area contributed by atoms with Gasteiger partial charge in [-0.15, -0.1) is 0 Å². The Morgan fingerprint density at radius 2 is 1.79 bits per heavy atom. The summed E-state index contributed by atoms with van der Waals surface area (Å²) >= 11 is 0. The molecule has 0 saturated carbocycles. The third-order valence-electron chi connectivity index (χ3n) is 5.72. The number of amides is 2. The van der Waals surface area contributed by atoms with Crippen molar-refractivity contribution in [3.8, 4) is 0 Å². The second-order valence-corrected chi connectivity index (χ2v) is 7.68. The number of para-hydroxylation sites is 1. The summed E-state index contributed by atoms with van der Waals surface area (Å²) in [5, 5.41) is 3.03. The van der Waals surface area contributed by atoms with E-state index in [1.807, 2.05) is 30.3 Å². The quantitative estimate of drug-likeness (QED) is 0.788. The number of rotatable bonds is 6. The van der Waals surface area contributed by atoms with Gasteiger partial charge in [-0.05, 0) is 36.1 Å². The summed E-state index contributed by atoms with van der Waals surface area (Å²) in [6.45, 7) is 4.18. The van der Waals surface area contributed by atoms with Gasteiger partial charge in [0.15, 0.2) is 0 Å². The lowest BCUT2D eigenvalue weighted by atomic mass is 10.00. The Bertz CT molecular complexity index is 837. The number of nitrogens with zero attached hydrogens (tertiary/aromatic N) is 2. The average molecular weight is 377 g/mol. The van der Waals surface area contributed by atoms with Gasteiger partial charge in [0.2, 0.25) is 11.8 Å². The lowest BCUT2D eigenvalue weighted by Gasteiger charge is -2.28. The number of benzene rings is 2. The van der Waals surface area contributed by atoms with Gasteiger partial charge in [0.05, 0.1) is 5.92 Å². The highest BCUT2D eigenvalue weighted by molar-refractivity contribution is 6.00. The summed E-state index contributed by atoms with van der Waals surface area (Å²) in [5.41, 5.74) is 3.75. The van der Waals surface area contributed by atoms with Crippen LogP contribution < -0.4 is 10.2 Å². The number of carbonyl (C=O) groups is 2. The van der Waals surface area contributed by atoms with Gasteiger partial charge in [-0.2, -0.15) is 0 Å². The summed E-state index contributed by atoms with van der Waals surface area (Å²) in [5.74, 6) is -0.233. The molecule has 2 aliphatic rings. The number of hydrogen-bond acceptors (Lipinski definition) is 3. The Morgan fingerprint density at radius 3 is 2.61 bits per heavy atom. The van der Waals surface area contributed by atoms with E-state index in [4.69, 9.17) is 0 Å². The standard InChI is InChI=1S/C23H27N3O2/c27-22-15-20(17-26(22)21-9-2-1-3-10-21)23(28)24-12-6-13-25-14-11-18-7-4-5-8-19(18)16-25/h1-5,7-10,20H,6,11-17H2,(H,24,28)/t20-/m0/s1. The molecule has 4 rings (SSSR count). The van der Waals surface area contributed by atoms with E-state index < -0.39 is 0 Å². The summed E-state index contributed by atoms with van der Waals surface area (Å²) in [7, 11) is 0. The van der Waals surface area contributed by atoms with E-state index >= 15 is 0 Å². The normalized spacial score (nSPS) is 19.5. The Labute approximate surface area is 166 Å². The third kappa shape index (κ3) is 4.25. The minimum Gasteiger partial charge on any atom is -0.356 e. The molecule has 2 heterocycles. The molecular formula is C23H27N3O2. The molecule has 0 spiro atoms. The van der Waals surface area contributed by atoms with Gasteiger partial charge in [-0.3, -0.25) is 14.5 Å². The molecule has 1 N–H and O–H groups in total. The van der Waals surface area contributed by atoms with Crippen LogP contribution in [-0.4, -0.2) is 42.9 Å². The van der Waals surface area contributed by atoms with Crippen LogP contribution in [0.2, 0.25) is 0 Å². The van der Waals surface area contributed by atoms with E-state index in [1.165, 1.54) is 11.1 Å². The van der Waals surface area contributed by atoms with E-state index in [1.54, 1.807) is 4.90 Å². The fourth-order valence-corrected chi connectivity index (χ4v) is 4.14. The second-order valence-electron chi connectivity index (χ2n) is 7.68. The van der Waals surface area contributed by atoms with E-state index in [-0.39, 0.29) is 17.7 Å². The monoisotopic (exact) mass is 377 g/mol. The van der Waals surface area contributed by atoms with Crippen molar-refractivity contribution < 1.29 is 9.59 Å². The molecule has 1 saturated heterocycles. The fraction of sp³-hybridized carbons (Fsp3) is 0.391. The summed E-state index contributed by atoms with van der Waals surface area (Å²) in [6, 6.07) is 18.2. The van der Waals surface area contributed by atoms with Crippen LogP contribution in [0.4, 0.5) is 5.69 Å². The van der Waals surface area contributed by atoms with Crippen LogP contribution in [0.3, 0.4) is 0 Å². The Kier molecular flexibility index (Phi) is 5.72. The number of hydrogen-bond donors (Lipinski definition) is 1. The van der Waals surface area contributed by atoms with Crippen molar-refractivity contribution in [3.63, 3.8) is 0 Å². The van der Waals surface area contributed by atoms with Gasteiger partial charge >= 0.3 is 0 Å². The predicted molar refractivity (Wildman–Crippen MR) is 110 cm³/mol. The molecule has 1 fully saturated rings. The van der Waals surface area contributed by atoms with Crippen molar-refractivity contribution in [2.24, 2.45) is 5.92 Å². The molecule has 28 heavy (non-hydrogen) atoms. The van der Waals surface area contributed by atoms with Crippen LogP contribution in [0.1, 0.15) is 24.0 Å². The third-order valence-corrected chi connectivity index (χ3v) is 5.72. The SMILES string of the molecule is O=C(NCCCN1CCc2ccccc2C1)[C@H]1CC(=O)N(c2ccccc2)C1. The van der Waals surface area contributed by atoms with E-state index in [2.05, 4.69) is 34.5 Å². The van der Waals surface area contributed by atoms with Crippen molar-refractivity contribution in [1.82, 2.24) is 10.2 Å². The molecule has 0 radical (unpaired) electrons. The Hall–Kier alpha value is -2.66. The highest BCUT2D eigenvalue weighted by atomic mass is 16.2. The summed E-state index contributed by atoms with van der Waals surface area (Å²) < 4.78 is 0. The molecule has 0 aliphatic carbocycles. The molecule has 0 aromatic heterocycles. The van der Waals surface area contributed by atoms with Gasteiger partial charge < -0.3 is 10.2 Å². The second kappa shape index (κ2) is 8.57. The summed E-state index contributed by atoms with van der Waals surface area (Å²) in [6.07, 6.45) is 2.32. The molecule has 5 heteroatoms. The topological polar surface area (TPSA) is 52.7 Å². The maximum Gasteiger partial charge on any atom is 0.227 e. The molecular weight excluding hydrogens is 350 g/mol. The first-order valence-corrected chi connectivity index (χ1v) is 10.1. The molecule has 2 amide bonds. The molecule has 0 unspecified atom stereocenters. The van der Waals surface area contributed by atoms with Crippen molar-refractivity contribution in [1.29, 1.82) is 0 Å². The van der Waals surface area contributed by atoms with Crippen molar-refractivity contribution in [2.45, 2.75) is 25.8 Å². The van der Waals surface area contributed by atoms with Gasteiger partial charge in [0, 0.05) is 44.8 Å². The van der Waals surface area contributed by atoms with Crippen molar-refractivity contribution in [3.05, 3.63) is 65.7 Å². The van der Waals surface area contributed by atoms with Crippen LogP contribution in [0.15, 0.2) is 54.6 Å². The zero-order valence-corrected chi connectivity index (χ0v) is 16.1. The minimum absolute atomic E-state index is 0.00392. The molecule has 1 atom stereocenters. The number of carbonyl (C=O) groups excluding carboxylic acids is 2. The van der Waals surface area contributed by atoms with Crippen LogP contribution >= 0.6 is 0 Å². The van der Waals surface area contributed by atoms with Crippen molar-refractivity contribution in [2.75, 3.05) is 31.1 Å². The molecule has 146 valence electrons. The number of fused-ring (bicyclic) bond motifs is 1.